The van der Waals surface area contributed by atoms with Crippen LogP contribution in [-0.4, -0.2) is 29.3 Å². The molecule has 2 aromatic carbocycles. The summed E-state index contributed by atoms with van der Waals surface area (Å²) in [6.45, 7) is 2.08. The molecule has 0 radical (unpaired) electrons. The Hall–Kier alpha value is -3.41. The maximum atomic E-state index is 5.90. The summed E-state index contributed by atoms with van der Waals surface area (Å²) in [6.07, 6.45) is 1.61. The predicted molar refractivity (Wildman–Crippen MR) is 105 cm³/mol. The van der Waals surface area contributed by atoms with Crippen LogP contribution in [0, 0.1) is 0 Å². The number of ether oxygens (including phenoxy) is 1. The van der Waals surface area contributed by atoms with Gasteiger partial charge in [-0.15, -0.1) is 5.10 Å². The number of anilines is 1. The molecule has 2 heterocycles. The maximum Gasteiger partial charge on any atom is 0.246 e. The summed E-state index contributed by atoms with van der Waals surface area (Å²) in [5.74, 6) is 2.02. The van der Waals surface area contributed by atoms with E-state index < -0.39 is 0 Å². The van der Waals surface area contributed by atoms with Gasteiger partial charge in [0.15, 0.2) is 5.76 Å². The van der Waals surface area contributed by atoms with Gasteiger partial charge >= 0.3 is 0 Å². The molecule has 0 aliphatic rings. The molecule has 0 N–H and O–H groups in total. The zero-order valence-electron chi connectivity index (χ0n) is 15.5. The Labute approximate surface area is 157 Å². The minimum absolute atomic E-state index is 0.00822. The van der Waals surface area contributed by atoms with Crippen LogP contribution in [0.1, 0.15) is 18.5 Å². The predicted octanol–water partition coefficient (Wildman–Crippen LogP) is 4.49. The van der Waals surface area contributed by atoms with Crippen LogP contribution in [0.5, 0.6) is 5.75 Å². The molecule has 0 fully saturated rings. The van der Waals surface area contributed by atoms with Crippen LogP contribution >= 0.6 is 0 Å². The molecule has 0 aliphatic heterocycles. The largest absolute Gasteiger partial charge is 0.496 e. The van der Waals surface area contributed by atoms with Crippen LogP contribution < -0.4 is 9.64 Å². The van der Waals surface area contributed by atoms with Crippen molar-refractivity contribution in [2.75, 3.05) is 19.1 Å². The first-order chi connectivity index (χ1) is 13.2. The standard InChI is InChI=1S/C21H20N4O2/c1-14(16-9-5-7-11-19(16)26-3)25(2)21-23-17(13-22-24-21)20-12-15-8-4-6-10-18(15)27-20/h4-14H,1-3H3. The van der Waals surface area contributed by atoms with Gasteiger partial charge in [-0.25, -0.2) is 4.98 Å². The lowest BCUT2D eigenvalue weighted by atomic mass is 10.1. The Morgan fingerprint density at radius 1 is 1.07 bits per heavy atom. The lowest BCUT2D eigenvalue weighted by Crippen LogP contribution is -2.24. The van der Waals surface area contributed by atoms with Crippen molar-refractivity contribution in [2.24, 2.45) is 0 Å². The third-order valence-corrected chi connectivity index (χ3v) is 4.71. The van der Waals surface area contributed by atoms with E-state index in [2.05, 4.69) is 22.1 Å². The second kappa shape index (κ2) is 7.07. The van der Waals surface area contributed by atoms with Crippen LogP contribution in [0.4, 0.5) is 5.95 Å². The van der Waals surface area contributed by atoms with Gasteiger partial charge in [-0.3, -0.25) is 0 Å². The molecular weight excluding hydrogens is 340 g/mol. The quantitative estimate of drug-likeness (QED) is 0.522. The number of nitrogens with zero attached hydrogens (tertiary/aromatic N) is 4. The van der Waals surface area contributed by atoms with Gasteiger partial charge in [0.1, 0.15) is 17.0 Å². The molecule has 0 saturated heterocycles. The van der Waals surface area contributed by atoms with Crippen molar-refractivity contribution in [1.29, 1.82) is 0 Å². The van der Waals surface area contributed by atoms with Gasteiger partial charge in [-0.2, -0.15) is 5.10 Å². The molecule has 0 bridgehead atoms. The Morgan fingerprint density at radius 3 is 2.67 bits per heavy atom. The minimum atomic E-state index is 0.00822. The molecule has 0 saturated carbocycles. The van der Waals surface area contributed by atoms with Crippen molar-refractivity contribution < 1.29 is 9.15 Å². The van der Waals surface area contributed by atoms with Gasteiger partial charge in [0.25, 0.3) is 0 Å². The van der Waals surface area contributed by atoms with Crippen molar-refractivity contribution in [3.05, 3.63) is 66.4 Å². The first kappa shape index (κ1) is 17.0. The van der Waals surface area contributed by atoms with Crippen LogP contribution in [-0.2, 0) is 0 Å². The Morgan fingerprint density at radius 2 is 1.85 bits per heavy atom. The average molecular weight is 360 g/mol. The monoisotopic (exact) mass is 360 g/mol. The summed E-state index contributed by atoms with van der Waals surface area (Å²) < 4.78 is 11.4. The average Bonchev–Trinajstić information content (AvgIpc) is 3.17. The highest BCUT2D eigenvalue weighted by molar-refractivity contribution is 5.82. The van der Waals surface area contributed by atoms with Crippen LogP contribution in [0.2, 0.25) is 0 Å². The Bertz CT molecular complexity index is 1040. The van der Waals surface area contributed by atoms with E-state index in [1.165, 1.54) is 0 Å². The summed E-state index contributed by atoms with van der Waals surface area (Å²) in [4.78, 5) is 6.63. The van der Waals surface area contributed by atoms with E-state index in [9.17, 15) is 0 Å². The van der Waals surface area contributed by atoms with Gasteiger partial charge < -0.3 is 14.1 Å². The molecule has 1 unspecified atom stereocenters. The van der Waals surface area contributed by atoms with Crippen molar-refractivity contribution in [1.82, 2.24) is 15.2 Å². The SMILES string of the molecule is COc1ccccc1C(C)N(C)c1nncc(-c2cc3ccccc3o2)n1. The van der Waals surface area contributed by atoms with Crippen molar-refractivity contribution in [3.8, 4) is 17.2 Å². The van der Waals surface area contributed by atoms with Gasteiger partial charge in [-0.05, 0) is 25.1 Å². The van der Waals surface area contributed by atoms with Crippen molar-refractivity contribution in [2.45, 2.75) is 13.0 Å². The van der Waals surface area contributed by atoms with E-state index in [1.54, 1.807) is 13.3 Å². The van der Waals surface area contributed by atoms with E-state index in [0.717, 1.165) is 22.3 Å². The summed E-state index contributed by atoms with van der Waals surface area (Å²) in [6, 6.07) is 17.8. The number of fused-ring (bicyclic) bond motifs is 1. The number of methoxy groups -OCH3 is 1. The first-order valence-electron chi connectivity index (χ1n) is 8.72. The third-order valence-electron chi connectivity index (χ3n) is 4.71. The van der Waals surface area contributed by atoms with Crippen molar-refractivity contribution in [3.63, 3.8) is 0 Å². The smallest absolute Gasteiger partial charge is 0.246 e. The number of para-hydroxylation sites is 2. The van der Waals surface area contributed by atoms with E-state index >= 15 is 0 Å². The maximum absolute atomic E-state index is 5.90. The molecule has 4 aromatic rings. The van der Waals surface area contributed by atoms with Crippen LogP contribution in [0.3, 0.4) is 0 Å². The number of hydrogen-bond donors (Lipinski definition) is 0. The number of aromatic nitrogens is 3. The summed E-state index contributed by atoms with van der Waals surface area (Å²) in [5.41, 5.74) is 2.53. The van der Waals surface area contributed by atoms with Gasteiger partial charge in [0, 0.05) is 18.0 Å². The second-order valence-electron chi connectivity index (χ2n) is 6.32. The fraction of sp³-hybridized carbons (Fsp3) is 0.190. The number of hydrogen-bond acceptors (Lipinski definition) is 6. The lowest BCUT2D eigenvalue weighted by Gasteiger charge is -2.26. The zero-order valence-corrected chi connectivity index (χ0v) is 15.5. The molecule has 1 atom stereocenters. The van der Waals surface area contributed by atoms with Gasteiger partial charge in [0.2, 0.25) is 5.95 Å². The zero-order chi connectivity index (χ0) is 18.8. The number of furan rings is 1. The number of rotatable bonds is 5. The molecule has 4 rings (SSSR count). The Balaban J connectivity index is 1.67. The molecule has 6 nitrogen and oxygen atoms in total. The van der Waals surface area contributed by atoms with Crippen LogP contribution in [0.15, 0.2) is 65.2 Å². The molecule has 136 valence electrons. The molecule has 0 spiro atoms. The summed E-state index contributed by atoms with van der Waals surface area (Å²) in [7, 11) is 3.61. The minimum Gasteiger partial charge on any atom is -0.496 e. The lowest BCUT2D eigenvalue weighted by molar-refractivity contribution is 0.406. The van der Waals surface area contributed by atoms with Crippen molar-refractivity contribution >= 4 is 16.9 Å². The summed E-state index contributed by atoms with van der Waals surface area (Å²) >= 11 is 0. The van der Waals surface area contributed by atoms with Crippen LogP contribution in [0.25, 0.3) is 22.4 Å². The topological polar surface area (TPSA) is 64.3 Å². The highest BCUT2D eigenvalue weighted by Gasteiger charge is 2.19. The normalized spacial score (nSPS) is 12.1. The molecule has 2 aromatic heterocycles. The van der Waals surface area contributed by atoms with Gasteiger partial charge in [-0.1, -0.05) is 36.4 Å². The Kier molecular flexibility index (Phi) is 4.46. The molecule has 0 amide bonds. The van der Waals surface area contributed by atoms with E-state index in [1.807, 2.05) is 66.5 Å². The van der Waals surface area contributed by atoms with E-state index in [0.29, 0.717) is 17.4 Å². The van der Waals surface area contributed by atoms with E-state index in [4.69, 9.17) is 9.15 Å². The molecule has 0 aliphatic carbocycles. The fourth-order valence-electron chi connectivity index (χ4n) is 3.06. The molecular formula is C21H20N4O2. The summed E-state index contributed by atoms with van der Waals surface area (Å²) in [5, 5.41) is 9.36. The molecule has 27 heavy (non-hydrogen) atoms. The first-order valence-corrected chi connectivity index (χ1v) is 8.72. The van der Waals surface area contributed by atoms with Gasteiger partial charge in [0.05, 0.1) is 19.3 Å². The third kappa shape index (κ3) is 3.21. The highest BCUT2D eigenvalue weighted by atomic mass is 16.5. The molecule has 6 heteroatoms. The highest BCUT2D eigenvalue weighted by Crippen LogP contribution is 2.31. The van der Waals surface area contributed by atoms with E-state index in [-0.39, 0.29) is 6.04 Å². The number of benzene rings is 2. The second-order valence-corrected chi connectivity index (χ2v) is 6.32. The fourth-order valence-corrected chi connectivity index (χ4v) is 3.06.